The zero-order chi connectivity index (χ0) is 18.8. The molecule has 0 aromatic heterocycles. The molecule has 2 saturated carbocycles. The monoisotopic (exact) mass is 361 g/mol. The van der Waals surface area contributed by atoms with Gasteiger partial charge < -0.3 is 26.3 Å². The van der Waals surface area contributed by atoms with Crippen molar-refractivity contribution in [2.45, 2.75) is 38.1 Å². The highest BCUT2D eigenvalue weighted by molar-refractivity contribution is 6.04. The second kappa shape index (κ2) is 7.53. The SMILES string of the molecule is COc1cc(NC(=O)C2CC3CCCC(C2)C3N)c(C(N)=O)cc1OC. The third-order valence-corrected chi connectivity index (χ3v) is 5.83. The van der Waals surface area contributed by atoms with E-state index in [4.69, 9.17) is 20.9 Å². The molecule has 142 valence electrons. The Morgan fingerprint density at radius 2 is 1.65 bits per heavy atom. The fourth-order valence-electron chi connectivity index (χ4n) is 4.42. The van der Waals surface area contributed by atoms with Crippen LogP contribution < -0.4 is 26.3 Å². The third kappa shape index (κ3) is 3.49. The Bertz CT molecular complexity index is 692. The van der Waals surface area contributed by atoms with Crippen LogP contribution in [0.3, 0.4) is 0 Å². The van der Waals surface area contributed by atoms with Gasteiger partial charge in [0.05, 0.1) is 25.5 Å². The molecular weight excluding hydrogens is 334 g/mol. The zero-order valence-electron chi connectivity index (χ0n) is 15.3. The molecule has 2 fully saturated rings. The first kappa shape index (κ1) is 18.5. The van der Waals surface area contributed by atoms with Crippen molar-refractivity contribution in [2.24, 2.45) is 29.2 Å². The first-order chi connectivity index (χ1) is 12.4. The lowest BCUT2D eigenvalue weighted by atomic mass is 9.65. The van der Waals surface area contributed by atoms with Crippen molar-refractivity contribution in [1.29, 1.82) is 0 Å². The van der Waals surface area contributed by atoms with E-state index in [1.807, 2.05) is 0 Å². The minimum Gasteiger partial charge on any atom is -0.493 e. The van der Waals surface area contributed by atoms with Gasteiger partial charge >= 0.3 is 0 Å². The molecule has 26 heavy (non-hydrogen) atoms. The van der Waals surface area contributed by atoms with Gasteiger partial charge in [0.25, 0.3) is 5.91 Å². The molecule has 2 aliphatic rings. The number of carbonyl (C=O) groups is 2. The standard InChI is InChI=1S/C19H27N3O4/c1-25-15-8-13(18(21)23)14(9-16(15)26-2)22-19(24)12-6-10-4-3-5-11(7-12)17(10)20/h8-12,17H,3-7,20H2,1-2H3,(H2,21,23)(H,22,24). The van der Waals surface area contributed by atoms with Crippen molar-refractivity contribution in [3.05, 3.63) is 17.7 Å². The molecule has 1 aromatic carbocycles. The minimum absolute atomic E-state index is 0.0940. The minimum atomic E-state index is -0.635. The summed E-state index contributed by atoms with van der Waals surface area (Å²) in [6.07, 6.45) is 4.96. The third-order valence-electron chi connectivity index (χ3n) is 5.83. The Labute approximate surface area is 153 Å². The van der Waals surface area contributed by atoms with Crippen LogP contribution in [-0.4, -0.2) is 32.1 Å². The number of fused-ring (bicyclic) bond motifs is 2. The summed E-state index contributed by atoms with van der Waals surface area (Å²) in [5.74, 6) is 0.789. The molecule has 2 unspecified atom stereocenters. The summed E-state index contributed by atoms with van der Waals surface area (Å²) in [5, 5.41) is 2.88. The van der Waals surface area contributed by atoms with E-state index < -0.39 is 5.91 Å². The largest absolute Gasteiger partial charge is 0.493 e. The number of ether oxygens (including phenoxy) is 2. The molecule has 0 radical (unpaired) electrons. The highest BCUT2D eigenvalue weighted by Crippen LogP contribution is 2.42. The van der Waals surface area contributed by atoms with E-state index in [0.717, 1.165) is 25.7 Å². The van der Waals surface area contributed by atoms with Gasteiger partial charge in [0.15, 0.2) is 11.5 Å². The lowest BCUT2D eigenvalue weighted by molar-refractivity contribution is -0.122. The second-order valence-corrected chi connectivity index (χ2v) is 7.30. The second-order valence-electron chi connectivity index (χ2n) is 7.30. The molecule has 3 rings (SSSR count). The van der Waals surface area contributed by atoms with Crippen LogP contribution in [0.2, 0.25) is 0 Å². The summed E-state index contributed by atoms with van der Waals surface area (Å²) in [6, 6.07) is 3.27. The lowest BCUT2D eigenvalue weighted by Gasteiger charge is -2.43. The fraction of sp³-hybridized carbons (Fsp3) is 0.579. The Balaban J connectivity index is 1.81. The maximum atomic E-state index is 12.9. The van der Waals surface area contributed by atoms with Crippen LogP contribution in [-0.2, 0) is 4.79 Å². The van der Waals surface area contributed by atoms with Gasteiger partial charge in [0, 0.05) is 18.0 Å². The number of primary amides is 1. The number of methoxy groups -OCH3 is 2. The van der Waals surface area contributed by atoms with Crippen LogP contribution >= 0.6 is 0 Å². The van der Waals surface area contributed by atoms with Gasteiger partial charge in [0.1, 0.15) is 0 Å². The number of hydrogen-bond acceptors (Lipinski definition) is 5. The number of benzene rings is 1. The summed E-state index contributed by atoms with van der Waals surface area (Å²) in [5.41, 5.74) is 12.3. The summed E-state index contributed by atoms with van der Waals surface area (Å²) >= 11 is 0. The van der Waals surface area contributed by atoms with Gasteiger partial charge in [-0.3, -0.25) is 9.59 Å². The highest BCUT2D eigenvalue weighted by Gasteiger charge is 2.40. The van der Waals surface area contributed by atoms with Crippen molar-refractivity contribution in [3.8, 4) is 11.5 Å². The van der Waals surface area contributed by atoms with Crippen LogP contribution in [0.1, 0.15) is 42.5 Å². The van der Waals surface area contributed by atoms with E-state index in [1.54, 1.807) is 6.07 Å². The molecule has 7 heteroatoms. The average Bonchev–Trinajstić information content (AvgIpc) is 2.60. The Morgan fingerprint density at radius 3 is 2.19 bits per heavy atom. The lowest BCUT2D eigenvalue weighted by Crippen LogP contribution is -2.48. The topological polar surface area (TPSA) is 117 Å². The van der Waals surface area contributed by atoms with Gasteiger partial charge in [-0.25, -0.2) is 0 Å². The smallest absolute Gasteiger partial charge is 0.250 e. The summed E-state index contributed by atoms with van der Waals surface area (Å²) in [6.45, 7) is 0. The summed E-state index contributed by atoms with van der Waals surface area (Å²) < 4.78 is 10.5. The average molecular weight is 361 g/mol. The predicted octanol–water partition coefficient (Wildman–Crippen LogP) is 1.89. The number of rotatable bonds is 5. The number of nitrogens with one attached hydrogen (secondary N) is 1. The molecule has 0 spiro atoms. The molecule has 0 heterocycles. The van der Waals surface area contributed by atoms with Crippen LogP contribution in [0.15, 0.2) is 12.1 Å². The first-order valence-electron chi connectivity index (χ1n) is 9.06. The van der Waals surface area contributed by atoms with Gasteiger partial charge in [-0.2, -0.15) is 0 Å². The highest BCUT2D eigenvalue weighted by atomic mass is 16.5. The molecule has 2 atom stereocenters. The Hall–Kier alpha value is -2.28. The molecule has 0 aliphatic heterocycles. The zero-order valence-corrected chi connectivity index (χ0v) is 15.3. The molecule has 5 N–H and O–H groups in total. The normalized spacial score (nSPS) is 27.5. The first-order valence-corrected chi connectivity index (χ1v) is 9.06. The van der Waals surface area contributed by atoms with E-state index >= 15 is 0 Å². The van der Waals surface area contributed by atoms with E-state index in [9.17, 15) is 9.59 Å². The van der Waals surface area contributed by atoms with Crippen LogP contribution in [0.5, 0.6) is 11.5 Å². The molecule has 7 nitrogen and oxygen atoms in total. The fourth-order valence-corrected chi connectivity index (χ4v) is 4.42. The number of nitrogens with two attached hydrogens (primary N) is 2. The van der Waals surface area contributed by atoms with Crippen molar-refractivity contribution >= 4 is 17.5 Å². The summed E-state index contributed by atoms with van der Waals surface area (Å²) in [4.78, 5) is 24.7. The van der Waals surface area contributed by atoms with E-state index in [2.05, 4.69) is 5.32 Å². The number of anilines is 1. The summed E-state index contributed by atoms with van der Waals surface area (Å²) in [7, 11) is 2.97. The Morgan fingerprint density at radius 1 is 1.08 bits per heavy atom. The predicted molar refractivity (Wildman–Crippen MR) is 98.2 cm³/mol. The number of amides is 2. The number of carbonyl (C=O) groups excluding carboxylic acids is 2. The van der Waals surface area contributed by atoms with Crippen LogP contribution in [0.25, 0.3) is 0 Å². The molecule has 2 bridgehead atoms. The van der Waals surface area contributed by atoms with Crippen molar-refractivity contribution in [1.82, 2.24) is 0 Å². The maximum Gasteiger partial charge on any atom is 0.250 e. The molecule has 0 saturated heterocycles. The molecule has 1 aromatic rings. The number of hydrogen-bond donors (Lipinski definition) is 3. The van der Waals surface area contributed by atoms with E-state index in [0.29, 0.717) is 29.0 Å². The van der Waals surface area contributed by atoms with Crippen molar-refractivity contribution in [3.63, 3.8) is 0 Å². The maximum absolute atomic E-state index is 12.9. The van der Waals surface area contributed by atoms with Crippen LogP contribution in [0.4, 0.5) is 5.69 Å². The molecule has 2 amide bonds. The quantitative estimate of drug-likeness (QED) is 0.740. The molecular formula is C19H27N3O4. The van der Waals surface area contributed by atoms with Gasteiger partial charge in [-0.05, 0) is 43.6 Å². The molecule has 2 aliphatic carbocycles. The van der Waals surface area contributed by atoms with E-state index in [-0.39, 0.29) is 23.4 Å². The van der Waals surface area contributed by atoms with Crippen LogP contribution in [0, 0.1) is 17.8 Å². The van der Waals surface area contributed by atoms with Gasteiger partial charge in [-0.15, -0.1) is 0 Å². The van der Waals surface area contributed by atoms with Crippen molar-refractivity contribution in [2.75, 3.05) is 19.5 Å². The van der Waals surface area contributed by atoms with Gasteiger partial charge in [-0.1, -0.05) is 6.42 Å². The van der Waals surface area contributed by atoms with Gasteiger partial charge in [0.2, 0.25) is 5.91 Å². The van der Waals surface area contributed by atoms with Crippen molar-refractivity contribution < 1.29 is 19.1 Å². The Kier molecular flexibility index (Phi) is 5.36. The van der Waals surface area contributed by atoms with E-state index in [1.165, 1.54) is 26.7 Å².